The summed E-state index contributed by atoms with van der Waals surface area (Å²) in [7, 11) is 0. The highest BCUT2D eigenvalue weighted by molar-refractivity contribution is 7.99. The molecule has 0 spiro atoms. The number of aliphatic imine (C=N–C) groups is 1. The van der Waals surface area contributed by atoms with Crippen LogP contribution < -0.4 is 10.6 Å². The fraction of sp³-hybridized carbons (Fsp3) is 0.722. The van der Waals surface area contributed by atoms with Crippen molar-refractivity contribution < 1.29 is 9.15 Å². The second kappa shape index (κ2) is 9.37. The molecule has 3 unspecified atom stereocenters. The van der Waals surface area contributed by atoms with Crippen LogP contribution in [0.5, 0.6) is 0 Å². The number of thioether (sulfide) groups is 1. The van der Waals surface area contributed by atoms with E-state index in [-0.39, 0.29) is 6.10 Å². The van der Waals surface area contributed by atoms with Gasteiger partial charge in [-0.2, -0.15) is 11.8 Å². The molecule has 1 aliphatic heterocycles. The molecule has 1 aliphatic carbocycles. The minimum absolute atomic E-state index is 0.288. The van der Waals surface area contributed by atoms with Crippen LogP contribution in [0.3, 0.4) is 0 Å². The zero-order chi connectivity index (χ0) is 16.6. The summed E-state index contributed by atoms with van der Waals surface area (Å²) >= 11 is 1.98. The van der Waals surface area contributed by atoms with Crippen molar-refractivity contribution in [2.24, 2.45) is 4.99 Å². The zero-order valence-corrected chi connectivity index (χ0v) is 15.3. The Morgan fingerprint density at radius 1 is 1.38 bits per heavy atom. The van der Waals surface area contributed by atoms with E-state index in [0.29, 0.717) is 6.04 Å². The average molecular weight is 352 g/mol. The summed E-state index contributed by atoms with van der Waals surface area (Å²) in [4.78, 5) is 4.77. The maximum atomic E-state index is 5.69. The molecule has 6 heteroatoms. The van der Waals surface area contributed by atoms with Gasteiger partial charge < -0.3 is 19.8 Å². The molecule has 1 aromatic rings. The summed E-state index contributed by atoms with van der Waals surface area (Å²) in [5.41, 5.74) is 0. The van der Waals surface area contributed by atoms with Crippen molar-refractivity contribution in [2.75, 3.05) is 26.0 Å². The third-order valence-electron chi connectivity index (χ3n) is 4.78. The molecule has 0 bridgehead atoms. The van der Waals surface area contributed by atoms with Crippen LogP contribution in [0.4, 0.5) is 0 Å². The van der Waals surface area contributed by atoms with Crippen LogP contribution in [-0.4, -0.2) is 49.3 Å². The first-order valence-corrected chi connectivity index (χ1v) is 10.3. The van der Waals surface area contributed by atoms with Gasteiger partial charge >= 0.3 is 0 Å². The van der Waals surface area contributed by atoms with Crippen molar-refractivity contribution >= 4 is 17.7 Å². The van der Waals surface area contributed by atoms with Crippen molar-refractivity contribution in [1.82, 2.24) is 10.6 Å². The molecular weight excluding hydrogens is 322 g/mol. The van der Waals surface area contributed by atoms with E-state index < -0.39 is 0 Å². The molecule has 2 fully saturated rings. The molecule has 3 atom stereocenters. The molecule has 1 aromatic heterocycles. The van der Waals surface area contributed by atoms with Crippen molar-refractivity contribution in [3.63, 3.8) is 0 Å². The number of nitrogens with one attached hydrogen (secondary N) is 2. The lowest BCUT2D eigenvalue weighted by molar-refractivity contribution is 0.117. The van der Waals surface area contributed by atoms with E-state index in [4.69, 9.17) is 14.1 Å². The Labute approximate surface area is 149 Å². The first kappa shape index (κ1) is 17.7. The Bertz CT molecular complexity index is 500. The topological polar surface area (TPSA) is 58.8 Å². The van der Waals surface area contributed by atoms with Gasteiger partial charge in [0.2, 0.25) is 0 Å². The fourth-order valence-electron chi connectivity index (χ4n) is 3.37. The second-order valence-corrected chi connectivity index (χ2v) is 7.73. The molecule has 24 heavy (non-hydrogen) atoms. The highest BCUT2D eigenvalue weighted by atomic mass is 32.2. The van der Waals surface area contributed by atoms with Gasteiger partial charge in [0.15, 0.2) is 5.96 Å². The van der Waals surface area contributed by atoms with E-state index in [2.05, 4.69) is 16.9 Å². The SMILES string of the molecule is CSC1CCC(NC(=NCC2CCCO2)NCCc2ccco2)C1. The standard InChI is InChI=1S/C18H29N3O2S/c1-24-17-7-6-14(12-17)21-18(20-13-16-5-3-11-23-16)19-9-8-15-4-2-10-22-15/h2,4,10,14,16-17H,3,5-9,11-13H2,1H3,(H2,19,20,21). The van der Waals surface area contributed by atoms with Gasteiger partial charge in [-0.25, -0.2) is 0 Å². The Hall–Kier alpha value is -1.14. The lowest BCUT2D eigenvalue weighted by Crippen LogP contribution is -2.43. The molecule has 5 nitrogen and oxygen atoms in total. The van der Waals surface area contributed by atoms with Crippen molar-refractivity contribution in [3.8, 4) is 0 Å². The van der Waals surface area contributed by atoms with Gasteiger partial charge in [0.25, 0.3) is 0 Å². The smallest absolute Gasteiger partial charge is 0.191 e. The third kappa shape index (κ3) is 5.45. The van der Waals surface area contributed by atoms with E-state index >= 15 is 0 Å². The van der Waals surface area contributed by atoms with E-state index in [1.807, 2.05) is 23.9 Å². The molecule has 3 rings (SSSR count). The van der Waals surface area contributed by atoms with E-state index in [0.717, 1.165) is 55.9 Å². The fourth-order valence-corrected chi connectivity index (χ4v) is 4.17. The number of hydrogen-bond acceptors (Lipinski definition) is 4. The van der Waals surface area contributed by atoms with Gasteiger partial charge in [-0.05, 0) is 50.5 Å². The molecule has 1 saturated carbocycles. The Balaban J connectivity index is 1.50. The molecule has 0 radical (unpaired) electrons. The third-order valence-corrected chi connectivity index (χ3v) is 5.87. The molecule has 134 valence electrons. The summed E-state index contributed by atoms with van der Waals surface area (Å²) < 4.78 is 11.1. The highest BCUT2D eigenvalue weighted by Crippen LogP contribution is 2.28. The maximum absolute atomic E-state index is 5.69. The van der Waals surface area contributed by atoms with Crippen LogP contribution in [0, 0.1) is 0 Å². The molecule has 0 aromatic carbocycles. The summed E-state index contributed by atoms with van der Waals surface area (Å²) in [5, 5.41) is 7.86. The van der Waals surface area contributed by atoms with Crippen LogP contribution in [0.2, 0.25) is 0 Å². The average Bonchev–Trinajstić information content (AvgIpc) is 3.34. The molecule has 2 aliphatic rings. The largest absolute Gasteiger partial charge is 0.469 e. The van der Waals surface area contributed by atoms with Gasteiger partial charge in [0, 0.05) is 30.9 Å². The lowest BCUT2D eigenvalue weighted by Gasteiger charge is -2.18. The number of nitrogens with zero attached hydrogens (tertiary/aromatic N) is 1. The zero-order valence-electron chi connectivity index (χ0n) is 14.5. The molecule has 2 N–H and O–H groups in total. The normalized spacial score (nSPS) is 27.5. The van der Waals surface area contributed by atoms with Gasteiger partial charge in [-0.3, -0.25) is 4.99 Å². The Morgan fingerprint density at radius 2 is 2.33 bits per heavy atom. The highest BCUT2D eigenvalue weighted by Gasteiger charge is 2.24. The summed E-state index contributed by atoms with van der Waals surface area (Å²) in [6, 6.07) is 4.47. The number of furan rings is 1. The summed E-state index contributed by atoms with van der Waals surface area (Å²) in [6.45, 7) is 2.45. The Kier molecular flexibility index (Phi) is 6.90. The van der Waals surface area contributed by atoms with Crippen molar-refractivity contribution in [1.29, 1.82) is 0 Å². The van der Waals surface area contributed by atoms with Gasteiger partial charge in [0.05, 0.1) is 18.9 Å². The van der Waals surface area contributed by atoms with Gasteiger partial charge in [-0.1, -0.05) is 0 Å². The molecule has 0 amide bonds. The summed E-state index contributed by atoms with van der Waals surface area (Å²) in [5.74, 6) is 1.92. The van der Waals surface area contributed by atoms with Crippen LogP contribution in [0.1, 0.15) is 37.9 Å². The van der Waals surface area contributed by atoms with E-state index in [1.54, 1.807) is 6.26 Å². The second-order valence-electron chi connectivity index (χ2n) is 6.59. The van der Waals surface area contributed by atoms with Crippen LogP contribution in [-0.2, 0) is 11.2 Å². The van der Waals surface area contributed by atoms with Crippen LogP contribution >= 0.6 is 11.8 Å². The summed E-state index contributed by atoms with van der Waals surface area (Å²) in [6.07, 6.45) is 11.1. The van der Waals surface area contributed by atoms with Crippen LogP contribution in [0.25, 0.3) is 0 Å². The number of hydrogen-bond donors (Lipinski definition) is 2. The number of ether oxygens (including phenoxy) is 1. The molecule has 2 heterocycles. The van der Waals surface area contributed by atoms with Crippen LogP contribution in [0.15, 0.2) is 27.8 Å². The predicted octanol–water partition coefficient (Wildman–Crippen LogP) is 2.82. The quantitative estimate of drug-likeness (QED) is 0.584. The monoisotopic (exact) mass is 351 g/mol. The molecular formula is C18H29N3O2S. The molecule has 1 saturated heterocycles. The van der Waals surface area contributed by atoms with Crippen molar-refractivity contribution in [2.45, 2.75) is 55.9 Å². The maximum Gasteiger partial charge on any atom is 0.191 e. The number of guanidine groups is 1. The first-order valence-electron chi connectivity index (χ1n) is 9.05. The minimum atomic E-state index is 0.288. The minimum Gasteiger partial charge on any atom is -0.469 e. The lowest BCUT2D eigenvalue weighted by atomic mass is 10.2. The van der Waals surface area contributed by atoms with E-state index in [9.17, 15) is 0 Å². The first-order chi connectivity index (χ1) is 11.8. The van der Waals surface area contributed by atoms with Gasteiger partial charge in [0.1, 0.15) is 5.76 Å². The van der Waals surface area contributed by atoms with E-state index in [1.165, 1.54) is 19.3 Å². The number of rotatable bonds is 7. The van der Waals surface area contributed by atoms with Gasteiger partial charge in [-0.15, -0.1) is 0 Å². The predicted molar refractivity (Wildman–Crippen MR) is 99.8 cm³/mol. The Morgan fingerprint density at radius 3 is 3.04 bits per heavy atom. The van der Waals surface area contributed by atoms with Crippen molar-refractivity contribution in [3.05, 3.63) is 24.2 Å².